The lowest BCUT2D eigenvalue weighted by Gasteiger charge is -2.08. The first kappa shape index (κ1) is 10.3. The van der Waals surface area contributed by atoms with Gasteiger partial charge in [-0.3, -0.25) is 4.79 Å². The van der Waals surface area contributed by atoms with Crippen LogP contribution in [0.25, 0.3) is 0 Å². The predicted molar refractivity (Wildman–Crippen MR) is 55.7 cm³/mol. The number of carbonyl (C=O) groups is 1. The Morgan fingerprint density at radius 2 is 1.85 bits per heavy atom. The lowest BCUT2D eigenvalue weighted by molar-refractivity contribution is 0.102. The highest BCUT2D eigenvalue weighted by Gasteiger charge is 2.09. The molecule has 0 aliphatic carbocycles. The van der Waals surface area contributed by atoms with Crippen molar-refractivity contribution in [3.05, 3.63) is 34.4 Å². The predicted octanol–water partition coefficient (Wildman–Crippen LogP) is 3.03. The van der Waals surface area contributed by atoms with Gasteiger partial charge in [0.1, 0.15) is 0 Å². The first-order valence-electron chi connectivity index (χ1n) is 4.24. The third kappa shape index (κ3) is 1.92. The number of aryl methyl sites for hydroxylation is 1. The Labute approximate surface area is 83.7 Å². The third-order valence-electron chi connectivity index (χ3n) is 2.48. The van der Waals surface area contributed by atoms with Crippen molar-refractivity contribution in [2.24, 2.45) is 0 Å². The molecule has 0 N–H and O–H groups in total. The molecule has 1 nitrogen and oxygen atoms in total. The van der Waals surface area contributed by atoms with Gasteiger partial charge < -0.3 is 0 Å². The summed E-state index contributed by atoms with van der Waals surface area (Å²) in [6, 6.07) is 3.81. The van der Waals surface area contributed by atoms with Crippen molar-refractivity contribution in [3.8, 4) is 0 Å². The van der Waals surface area contributed by atoms with Gasteiger partial charge in [0.25, 0.3) is 0 Å². The van der Waals surface area contributed by atoms with Gasteiger partial charge in [0.15, 0.2) is 5.78 Å². The Morgan fingerprint density at radius 3 is 2.38 bits per heavy atom. The summed E-state index contributed by atoms with van der Waals surface area (Å²) in [4.78, 5) is 11.4. The standard InChI is InChI=1S/C11H13ClO/c1-7-4-5-10(11(13)6-12)9(3)8(7)2/h4-5H,6H2,1-3H3. The van der Waals surface area contributed by atoms with Crippen LogP contribution in [0.1, 0.15) is 27.0 Å². The molecule has 1 rings (SSSR count). The van der Waals surface area contributed by atoms with Crippen LogP contribution in [0.15, 0.2) is 12.1 Å². The fourth-order valence-electron chi connectivity index (χ4n) is 1.33. The molecule has 0 aliphatic rings. The fraction of sp³-hybridized carbons (Fsp3) is 0.364. The average molecular weight is 197 g/mol. The minimum absolute atomic E-state index is 0.00210. The number of halogens is 1. The zero-order chi connectivity index (χ0) is 10.0. The van der Waals surface area contributed by atoms with Crippen molar-refractivity contribution in [1.82, 2.24) is 0 Å². The number of benzene rings is 1. The van der Waals surface area contributed by atoms with Crippen molar-refractivity contribution in [1.29, 1.82) is 0 Å². The molecule has 70 valence electrons. The molecule has 0 fully saturated rings. The number of rotatable bonds is 2. The van der Waals surface area contributed by atoms with Crippen molar-refractivity contribution >= 4 is 17.4 Å². The van der Waals surface area contributed by atoms with Gasteiger partial charge in [0.05, 0.1) is 5.88 Å². The maximum absolute atomic E-state index is 11.4. The lowest BCUT2D eigenvalue weighted by atomic mass is 9.97. The van der Waals surface area contributed by atoms with Crippen molar-refractivity contribution in [3.63, 3.8) is 0 Å². The van der Waals surface area contributed by atoms with Crippen LogP contribution in [0.3, 0.4) is 0 Å². The Bertz CT molecular complexity index is 342. The molecule has 0 aliphatic heterocycles. The highest BCUT2D eigenvalue weighted by molar-refractivity contribution is 6.30. The van der Waals surface area contributed by atoms with E-state index in [9.17, 15) is 4.79 Å². The largest absolute Gasteiger partial charge is 0.293 e. The Kier molecular flexibility index (Phi) is 3.10. The SMILES string of the molecule is Cc1ccc(C(=O)CCl)c(C)c1C. The van der Waals surface area contributed by atoms with Crippen LogP contribution in [-0.2, 0) is 0 Å². The van der Waals surface area contributed by atoms with Gasteiger partial charge in [-0.2, -0.15) is 0 Å². The lowest BCUT2D eigenvalue weighted by Crippen LogP contribution is -2.04. The van der Waals surface area contributed by atoms with Crippen LogP contribution in [0.2, 0.25) is 0 Å². The summed E-state index contributed by atoms with van der Waals surface area (Å²) >= 11 is 5.50. The van der Waals surface area contributed by atoms with E-state index in [1.165, 1.54) is 11.1 Å². The third-order valence-corrected chi connectivity index (χ3v) is 2.72. The molecule has 0 heterocycles. The fourth-order valence-corrected chi connectivity index (χ4v) is 1.47. The second-order valence-corrected chi connectivity index (χ2v) is 3.50. The second-order valence-electron chi connectivity index (χ2n) is 3.24. The average Bonchev–Trinajstić information content (AvgIpc) is 2.13. The zero-order valence-electron chi connectivity index (χ0n) is 8.15. The van der Waals surface area contributed by atoms with Gasteiger partial charge in [0.2, 0.25) is 0 Å². The summed E-state index contributed by atoms with van der Waals surface area (Å²) < 4.78 is 0. The van der Waals surface area contributed by atoms with E-state index in [1.54, 1.807) is 0 Å². The molecule has 0 radical (unpaired) electrons. The highest BCUT2D eigenvalue weighted by Crippen LogP contribution is 2.17. The topological polar surface area (TPSA) is 17.1 Å². The minimum Gasteiger partial charge on any atom is -0.293 e. The normalized spacial score (nSPS) is 10.2. The molecule has 0 amide bonds. The van der Waals surface area contributed by atoms with Crippen LogP contribution in [0.5, 0.6) is 0 Å². The molecule has 0 saturated heterocycles. The van der Waals surface area contributed by atoms with Crippen LogP contribution < -0.4 is 0 Å². The van der Waals surface area contributed by atoms with Crippen molar-refractivity contribution in [2.45, 2.75) is 20.8 Å². The van der Waals surface area contributed by atoms with Gasteiger partial charge >= 0.3 is 0 Å². The Hall–Kier alpha value is -0.820. The number of alkyl halides is 1. The molecule has 0 saturated carbocycles. The number of Topliss-reactive ketones (excluding diaryl/α,β-unsaturated/α-hetero) is 1. The molecule has 13 heavy (non-hydrogen) atoms. The van der Waals surface area contributed by atoms with Gasteiger partial charge in [-0.15, -0.1) is 11.6 Å². The molecule has 0 aromatic heterocycles. The summed E-state index contributed by atoms with van der Waals surface area (Å²) in [6.07, 6.45) is 0. The number of hydrogen-bond acceptors (Lipinski definition) is 1. The van der Waals surface area contributed by atoms with Crippen LogP contribution >= 0.6 is 11.6 Å². The molecular weight excluding hydrogens is 184 g/mol. The summed E-state index contributed by atoms with van der Waals surface area (Å²) in [5.41, 5.74) is 4.18. The van der Waals surface area contributed by atoms with Crippen molar-refractivity contribution in [2.75, 3.05) is 5.88 Å². The van der Waals surface area contributed by atoms with Crippen LogP contribution in [0.4, 0.5) is 0 Å². The van der Waals surface area contributed by atoms with Gasteiger partial charge in [-0.1, -0.05) is 12.1 Å². The first-order chi connectivity index (χ1) is 6.07. The van der Waals surface area contributed by atoms with E-state index >= 15 is 0 Å². The Balaban J connectivity index is 3.26. The van der Waals surface area contributed by atoms with E-state index < -0.39 is 0 Å². The molecule has 0 spiro atoms. The maximum atomic E-state index is 11.4. The van der Waals surface area contributed by atoms with Gasteiger partial charge in [-0.25, -0.2) is 0 Å². The number of carbonyl (C=O) groups excluding carboxylic acids is 1. The Morgan fingerprint density at radius 1 is 1.23 bits per heavy atom. The first-order valence-corrected chi connectivity index (χ1v) is 4.77. The summed E-state index contributed by atoms with van der Waals surface area (Å²) in [7, 11) is 0. The van der Waals surface area contributed by atoms with E-state index in [4.69, 9.17) is 11.6 Å². The molecule has 2 heteroatoms. The molecule has 1 aromatic rings. The van der Waals surface area contributed by atoms with Gasteiger partial charge in [0, 0.05) is 5.56 Å². The molecule has 1 aromatic carbocycles. The maximum Gasteiger partial charge on any atom is 0.177 e. The van der Waals surface area contributed by atoms with Gasteiger partial charge in [-0.05, 0) is 37.5 Å². The van der Waals surface area contributed by atoms with E-state index in [-0.39, 0.29) is 11.7 Å². The smallest absolute Gasteiger partial charge is 0.177 e. The summed E-state index contributed by atoms with van der Waals surface area (Å²) in [6.45, 7) is 6.02. The van der Waals surface area contributed by atoms with E-state index in [0.29, 0.717) is 0 Å². The molecule has 0 atom stereocenters. The van der Waals surface area contributed by atoms with E-state index in [1.807, 2.05) is 32.9 Å². The molecule has 0 bridgehead atoms. The summed E-state index contributed by atoms with van der Waals surface area (Å²) in [5, 5.41) is 0. The summed E-state index contributed by atoms with van der Waals surface area (Å²) in [5.74, 6) is 0.0610. The number of hydrogen-bond donors (Lipinski definition) is 0. The van der Waals surface area contributed by atoms with E-state index in [2.05, 4.69) is 0 Å². The van der Waals surface area contributed by atoms with E-state index in [0.717, 1.165) is 11.1 Å². The monoisotopic (exact) mass is 196 g/mol. The quantitative estimate of drug-likeness (QED) is 0.525. The molecule has 0 unspecified atom stereocenters. The second kappa shape index (κ2) is 3.93. The minimum atomic E-state index is 0.00210. The van der Waals surface area contributed by atoms with Crippen LogP contribution in [0, 0.1) is 20.8 Å². The zero-order valence-corrected chi connectivity index (χ0v) is 8.90. The van der Waals surface area contributed by atoms with Crippen LogP contribution in [-0.4, -0.2) is 11.7 Å². The highest BCUT2D eigenvalue weighted by atomic mass is 35.5. The van der Waals surface area contributed by atoms with Crippen molar-refractivity contribution < 1.29 is 4.79 Å². The number of ketones is 1. The molecular formula is C11H13ClO.